The fourth-order valence-electron chi connectivity index (χ4n) is 3.87. The van der Waals surface area contributed by atoms with Crippen LogP contribution >= 0.6 is 0 Å². The van der Waals surface area contributed by atoms with E-state index in [1.54, 1.807) is 24.3 Å². The van der Waals surface area contributed by atoms with Crippen LogP contribution in [0.1, 0.15) is 51.7 Å². The van der Waals surface area contributed by atoms with Crippen LogP contribution in [-0.4, -0.2) is 64.0 Å². The van der Waals surface area contributed by atoms with E-state index in [0.717, 1.165) is 18.7 Å². The summed E-state index contributed by atoms with van der Waals surface area (Å²) >= 11 is 0. The molecule has 2 amide bonds. The summed E-state index contributed by atoms with van der Waals surface area (Å²) in [7, 11) is 0. The third kappa shape index (κ3) is 8.29. The molecular weight excluding hydrogens is 534 g/mol. The number of nitrogens with one attached hydrogen (secondary N) is 2. The molecule has 0 bridgehead atoms. The average molecular weight is 567 g/mol. The van der Waals surface area contributed by atoms with Crippen molar-refractivity contribution in [1.82, 2.24) is 9.55 Å². The molecule has 0 aliphatic carbocycles. The lowest BCUT2D eigenvalue weighted by atomic mass is 10.1. The van der Waals surface area contributed by atoms with Gasteiger partial charge in [-0.05, 0) is 37.5 Å². The number of para-hydroxylation sites is 1. The lowest BCUT2D eigenvalue weighted by molar-refractivity contribution is -0.176. The largest absolute Gasteiger partial charge is 0.453 e. The van der Waals surface area contributed by atoms with Crippen molar-refractivity contribution in [1.29, 1.82) is 0 Å². The van der Waals surface area contributed by atoms with Gasteiger partial charge in [0, 0.05) is 24.7 Å². The first-order valence-electron chi connectivity index (χ1n) is 12.9. The molecule has 12 nitrogen and oxygen atoms in total. The Kier molecular flexibility index (Phi) is 11.1. The first-order chi connectivity index (χ1) is 19.1. The minimum Gasteiger partial charge on any atom is -0.453 e. The number of aromatic nitrogens is 2. The Morgan fingerprint density at radius 1 is 1.10 bits per heavy atom. The Balaban J connectivity index is 1.54. The van der Waals surface area contributed by atoms with E-state index in [0.29, 0.717) is 23.1 Å². The van der Waals surface area contributed by atoms with Crippen molar-refractivity contribution >= 4 is 29.5 Å². The van der Waals surface area contributed by atoms with Gasteiger partial charge in [-0.25, -0.2) is 9.59 Å². The summed E-state index contributed by atoms with van der Waals surface area (Å²) in [6.07, 6.45) is -4.11. The van der Waals surface area contributed by atoms with Gasteiger partial charge in [0.2, 0.25) is 12.1 Å². The zero-order valence-electron chi connectivity index (χ0n) is 21.9. The minimum atomic E-state index is -3.90. The third-order valence-corrected chi connectivity index (χ3v) is 5.92. The second-order valence-electron chi connectivity index (χ2n) is 9.03. The molecule has 1 fully saturated rings. The number of aliphatic hydroxyl groups excluding tert-OH is 1. The number of carbonyl (C=O) groups excluding carboxylic acids is 3. The second kappa shape index (κ2) is 14.5. The number of halogens is 2. The molecule has 1 aromatic heterocycles. The van der Waals surface area contributed by atoms with Crippen molar-refractivity contribution in [2.75, 3.05) is 23.8 Å². The molecule has 3 atom stereocenters. The van der Waals surface area contributed by atoms with E-state index >= 15 is 8.78 Å². The van der Waals surface area contributed by atoms with Gasteiger partial charge in [-0.2, -0.15) is 13.8 Å². The lowest BCUT2D eigenvalue weighted by Gasteiger charge is -2.24. The Morgan fingerprint density at radius 2 is 1.82 bits per heavy atom. The first-order valence-corrected chi connectivity index (χ1v) is 12.9. The third-order valence-electron chi connectivity index (χ3n) is 5.92. The molecule has 14 heteroatoms. The van der Waals surface area contributed by atoms with Crippen LogP contribution in [0.25, 0.3) is 0 Å². The van der Waals surface area contributed by atoms with Crippen LogP contribution in [0.4, 0.5) is 25.1 Å². The van der Waals surface area contributed by atoms with Gasteiger partial charge in [-0.3, -0.25) is 19.5 Å². The van der Waals surface area contributed by atoms with Crippen LogP contribution in [0.5, 0.6) is 0 Å². The molecule has 3 N–H and O–H groups in total. The fourth-order valence-corrected chi connectivity index (χ4v) is 3.87. The number of carbonyl (C=O) groups is 3. The molecule has 2 heterocycles. The molecule has 1 aliphatic rings. The van der Waals surface area contributed by atoms with Gasteiger partial charge in [0.1, 0.15) is 11.9 Å². The number of hydrogen-bond acceptors (Lipinski definition) is 9. The smallest absolute Gasteiger partial charge is 0.412 e. The molecule has 0 saturated carbocycles. The van der Waals surface area contributed by atoms with E-state index in [1.165, 1.54) is 0 Å². The van der Waals surface area contributed by atoms with E-state index < -0.39 is 48.7 Å². The second-order valence-corrected chi connectivity index (χ2v) is 9.03. The summed E-state index contributed by atoms with van der Waals surface area (Å²) in [5.41, 5.74) is -0.543. The highest BCUT2D eigenvalue weighted by Crippen LogP contribution is 2.44. The van der Waals surface area contributed by atoms with Crippen molar-refractivity contribution in [2.24, 2.45) is 0 Å². The summed E-state index contributed by atoms with van der Waals surface area (Å²) in [6.45, 7) is 1.16. The van der Waals surface area contributed by atoms with Gasteiger partial charge in [0.15, 0.2) is 6.10 Å². The standard InChI is InChI=1S/C26H32F2N4O8/c1-2-3-15-38-25(37)31-19-13-14-32(24(36)30-19)23-26(27,28)22(18(16-33)39-23)40-21(35)12-8-7-11-20(34)29-17-9-5-4-6-10-17/h4-6,9-10,13-14,18,22-23,33H,2-3,7-8,11-12,15-16H2,1H3,(H,29,34)(H,30,31,36,37)/t18-,22-,23-/m1/s1. The first kappa shape index (κ1) is 30.6. The van der Waals surface area contributed by atoms with Crippen molar-refractivity contribution in [3.63, 3.8) is 0 Å². The van der Waals surface area contributed by atoms with E-state index in [-0.39, 0.29) is 37.6 Å². The summed E-state index contributed by atoms with van der Waals surface area (Å²) in [6, 6.07) is 9.90. The molecule has 0 radical (unpaired) electrons. The van der Waals surface area contributed by atoms with Gasteiger partial charge >= 0.3 is 23.7 Å². The van der Waals surface area contributed by atoms with E-state index in [1.807, 2.05) is 13.0 Å². The van der Waals surface area contributed by atoms with Crippen molar-refractivity contribution in [3.05, 3.63) is 53.1 Å². The molecule has 2 aromatic rings. The van der Waals surface area contributed by atoms with Gasteiger partial charge < -0.3 is 24.6 Å². The highest BCUT2D eigenvalue weighted by atomic mass is 19.3. The van der Waals surface area contributed by atoms with Crippen LogP contribution in [-0.2, 0) is 23.8 Å². The summed E-state index contributed by atoms with van der Waals surface area (Å²) in [5.74, 6) is -5.35. The number of rotatable bonds is 13. The topological polar surface area (TPSA) is 158 Å². The molecule has 1 aliphatic heterocycles. The maximum absolute atomic E-state index is 15.3. The van der Waals surface area contributed by atoms with Crippen LogP contribution in [0.2, 0.25) is 0 Å². The van der Waals surface area contributed by atoms with Gasteiger partial charge in [-0.1, -0.05) is 31.5 Å². The molecule has 1 aromatic carbocycles. The Hall–Kier alpha value is -3.91. The molecule has 0 spiro atoms. The Labute approximate surface area is 228 Å². The number of hydrogen-bond donors (Lipinski definition) is 3. The number of nitrogens with zero attached hydrogens (tertiary/aromatic N) is 2. The van der Waals surface area contributed by atoms with Crippen LogP contribution in [0, 0.1) is 0 Å². The van der Waals surface area contributed by atoms with Gasteiger partial charge in [0.25, 0.3) is 0 Å². The van der Waals surface area contributed by atoms with E-state index in [4.69, 9.17) is 14.2 Å². The van der Waals surface area contributed by atoms with Crippen molar-refractivity contribution in [2.45, 2.75) is 69.8 Å². The summed E-state index contributed by atoms with van der Waals surface area (Å²) < 4.78 is 46.1. The fraction of sp³-hybridized carbons (Fsp3) is 0.500. The van der Waals surface area contributed by atoms with Crippen molar-refractivity contribution in [3.8, 4) is 0 Å². The number of anilines is 2. The molecule has 0 unspecified atom stereocenters. The molecule has 40 heavy (non-hydrogen) atoms. The summed E-state index contributed by atoms with van der Waals surface area (Å²) in [4.78, 5) is 52.1. The lowest BCUT2D eigenvalue weighted by Crippen LogP contribution is -2.44. The number of unbranched alkanes of at least 4 members (excludes halogenated alkanes) is 2. The highest BCUT2D eigenvalue weighted by molar-refractivity contribution is 5.90. The van der Waals surface area contributed by atoms with E-state index in [2.05, 4.69) is 15.6 Å². The number of esters is 1. The van der Waals surface area contributed by atoms with Gasteiger partial charge in [-0.15, -0.1) is 0 Å². The summed E-state index contributed by atoms with van der Waals surface area (Å²) in [5, 5.41) is 14.5. The number of alkyl halides is 2. The predicted octanol–water partition coefficient (Wildman–Crippen LogP) is 3.23. The molecule has 218 valence electrons. The number of ether oxygens (including phenoxy) is 3. The van der Waals surface area contributed by atoms with Crippen LogP contribution in [0.3, 0.4) is 0 Å². The molecule has 1 saturated heterocycles. The zero-order valence-corrected chi connectivity index (χ0v) is 21.9. The number of benzene rings is 1. The van der Waals surface area contributed by atoms with Crippen LogP contribution < -0.4 is 16.3 Å². The highest BCUT2D eigenvalue weighted by Gasteiger charge is 2.62. The molecular formula is C26H32F2N4O8. The van der Waals surface area contributed by atoms with Crippen molar-refractivity contribution < 1.29 is 42.5 Å². The Morgan fingerprint density at radius 3 is 2.50 bits per heavy atom. The quantitative estimate of drug-likeness (QED) is 0.244. The maximum atomic E-state index is 15.3. The molecule has 3 rings (SSSR count). The Bertz CT molecular complexity index is 1210. The van der Waals surface area contributed by atoms with Gasteiger partial charge in [0.05, 0.1) is 13.2 Å². The SMILES string of the molecule is CCCCOC(=O)Nc1ccn([C@@H]2O[C@H](CO)[C@@H](OC(=O)CCCCC(=O)Nc3ccccc3)C2(F)F)c(=O)n1. The minimum absolute atomic E-state index is 0.115. The van der Waals surface area contributed by atoms with Crippen LogP contribution in [0.15, 0.2) is 47.4 Å². The maximum Gasteiger partial charge on any atom is 0.412 e. The number of amides is 2. The average Bonchev–Trinajstić information content (AvgIpc) is 3.16. The monoisotopic (exact) mass is 566 g/mol. The number of aliphatic hydroxyl groups is 1. The zero-order chi connectivity index (χ0) is 29.1. The van der Waals surface area contributed by atoms with E-state index in [9.17, 15) is 24.3 Å². The predicted molar refractivity (Wildman–Crippen MR) is 138 cm³/mol. The normalized spacial score (nSPS) is 19.6.